The minimum Gasteiger partial charge on any atom is -0.399 e. The van der Waals surface area contributed by atoms with Gasteiger partial charge in [0.1, 0.15) is 12.1 Å². The monoisotopic (exact) mass is 270 g/mol. The molecular weight excluding hydrogens is 248 g/mol. The molecule has 2 unspecified atom stereocenters. The molecule has 20 heavy (non-hydrogen) atoms. The first-order valence-corrected chi connectivity index (χ1v) is 7.46. The van der Waals surface area contributed by atoms with Crippen LogP contribution in [-0.2, 0) is 0 Å². The van der Waals surface area contributed by atoms with E-state index in [1.165, 1.54) is 25.7 Å². The molecule has 1 aliphatic carbocycles. The van der Waals surface area contributed by atoms with Crippen LogP contribution in [0, 0.1) is 11.8 Å². The van der Waals surface area contributed by atoms with Crippen molar-refractivity contribution in [2.75, 3.05) is 17.6 Å². The number of aromatic nitrogens is 2. The molecule has 0 bridgehead atoms. The molecule has 4 heteroatoms. The van der Waals surface area contributed by atoms with E-state index in [-0.39, 0.29) is 0 Å². The molecule has 3 N–H and O–H groups in total. The van der Waals surface area contributed by atoms with Crippen molar-refractivity contribution in [3.8, 4) is 0 Å². The lowest BCUT2D eigenvalue weighted by Gasteiger charge is -2.27. The number of hydrogen-bond donors (Lipinski definition) is 2. The fourth-order valence-electron chi connectivity index (χ4n) is 3.20. The molecule has 0 radical (unpaired) electrons. The van der Waals surface area contributed by atoms with Gasteiger partial charge in [0.2, 0.25) is 0 Å². The molecule has 2 atom stereocenters. The van der Waals surface area contributed by atoms with Crippen molar-refractivity contribution in [3.63, 3.8) is 0 Å². The van der Waals surface area contributed by atoms with Gasteiger partial charge in [-0.05, 0) is 42.9 Å². The zero-order valence-corrected chi connectivity index (χ0v) is 12.0. The van der Waals surface area contributed by atoms with Crippen molar-refractivity contribution in [1.29, 1.82) is 0 Å². The van der Waals surface area contributed by atoms with Gasteiger partial charge in [-0.15, -0.1) is 0 Å². The SMILES string of the molecule is CC1CCCC(CNc2ncnc3cc(N)ccc23)C1. The van der Waals surface area contributed by atoms with Gasteiger partial charge in [0.05, 0.1) is 5.52 Å². The molecule has 4 nitrogen and oxygen atoms in total. The van der Waals surface area contributed by atoms with Crippen molar-refractivity contribution >= 4 is 22.4 Å². The average molecular weight is 270 g/mol. The van der Waals surface area contributed by atoms with Crippen LogP contribution in [-0.4, -0.2) is 16.5 Å². The standard InChI is InChI=1S/C16H22N4/c1-11-3-2-4-12(7-11)9-18-16-14-6-5-13(17)8-15(14)19-10-20-16/h5-6,8,10-12H,2-4,7,9,17H2,1H3,(H,18,19,20). The van der Waals surface area contributed by atoms with Crippen LogP contribution in [0.15, 0.2) is 24.5 Å². The summed E-state index contributed by atoms with van der Waals surface area (Å²) in [6.45, 7) is 3.36. The van der Waals surface area contributed by atoms with Crippen LogP contribution in [0.3, 0.4) is 0 Å². The van der Waals surface area contributed by atoms with Gasteiger partial charge >= 0.3 is 0 Å². The van der Waals surface area contributed by atoms with Crippen molar-refractivity contribution in [3.05, 3.63) is 24.5 Å². The first-order chi connectivity index (χ1) is 9.72. The summed E-state index contributed by atoms with van der Waals surface area (Å²) in [5.74, 6) is 2.54. The maximum Gasteiger partial charge on any atom is 0.137 e. The van der Waals surface area contributed by atoms with E-state index in [2.05, 4.69) is 22.2 Å². The lowest BCUT2D eigenvalue weighted by Crippen LogP contribution is -2.21. The van der Waals surface area contributed by atoms with E-state index < -0.39 is 0 Å². The molecule has 1 heterocycles. The van der Waals surface area contributed by atoms with E-state index >= 15 is 0 Å². The molecule has 0 saturated heterocycles. The van der Waals surface area contributed by atoms with Crippen LogP contribution in [0.2, 0.25) is 0 Å². The van der Waals surface area contributed by atoms with Crippen LogP contribution in [0.25, 0.3) is 10.9 Å². The summed E-state index contributed by atoms with van der Waals surface area (Å²) in [6, 6.07) is 5.79. The molecular formula is C16H22N4. The molecule has 2 aromatic rings. The van der Waals surface area contributed by atoms with Crippen LogP contribution in [0.5, 0.6) is 0 Å². The number of fused-ring (bicyclic) bond motifs is 1. The highest BCUT2D eigenvalue weighted by atomic mass is 15.0. The zero-order valence-electron chi connectivity index (χ0n) is 12.0. The summed E-state index contributed by atoms with van der Waals surface area (Å²) < 4.78 is 0. The Hall–Kier alpha value is -1.84. The summed E-state index contributed by atoms with van der Waals surface area (Å²) in [7, 11) is 0. The highest BCUT2D eigenvalue weighted by Crippen LogP contribution is 2.29. The fraction of sp³-hybridized carbons (Fsp3) is 0.500. The summed E-state index contributed by atoms with van der Waals surface area (Å²) in [5.41, 5.74) is 7.44. The predicted molar refractivity (Wildman–Crippen MR) is 83.6 cm³/mol. The number of nitrogens with one attached hydrogen (secondary N) is 1. The lowest BCUT2D eigenvalue weighted by molar-refractivity contribution is 0.293. The topological polar surface area (TPSA) is 63.8 Å². The molecule has 0 spiro atoms. The molecule has 106 valence electrons. The molecule has 1 saturated carbocycles. The number of nitrogens with zero attached hydrogens (tertiary/aromatic N) is 2. The number of rotatable bonds is 3. The van der Waals surface area contributed by atoms with Gasteiger partial charge in [0, 0.05) is 17.6 Å². The van der Waals surface area contributed by atoms with E-state index in [9.17, 15) is 0 Å². The van der Waals surface area contributed by atoms with Gasteiger partial charge in [-0.1, -0.05) is 19.8 Å². The first kappa shape index (κ1) is 13.2. The summed E-state index contributed by atoms with van der Waals surface area (Å²) in [4.78, 5) is 8.66. The van der Waals surface area contributed by atoms with Gasteiger partial charge in [0.25, 0.3) is 0 Å². The molecule has 1 fully saturated rings. The maximum atomic E-state index is 5.80. The van der Waals surface area contributed by atoms with Gasteiger partial charge in [0.15, 0.2) is 0 Å². The van der Waals surface area contributed by atoms with Crippen molar-refractivity contribution in [2.45, 2.75) is 32.6 Å². The van der Waals surface area contributed by atoms with Crippen molar-refractivity contribution < 1.29 is 0 Å². The Morgan fingerprint density at radius 3 is 3.05 bits per heavy atom. The second-order valence-electron chi connectivity index (χ2n) is 6.02. The Kier molecular flexibility index (Phi) is 3.72. The molecule has 1 aromatic carbocycles. The summed E-state index contributed by atoms with van der Waals surface area (Å²) in [6.07, 6.45) is 6.99. The first-order valence-electron chi connectivity index (χ1n) is 7.46. The van der Waals surface area contributed by atoms with Crippen LogP contribution < -0.4 is 11.1 Å². The normalized spacial score (nSPS) is 22.9. The minimum absolute atomic E-state index is 0.739. The highest BCUT2D eigenvalue weighted by Gasteiger charge is 2.18. The number of anilines is 2. The number of hydrogen-bond acceptors (Lipinski definition) is 4. The lowest BCUT2D eigenvalue weighted by atomic mass is 9.82. The largest absolute Gasteiger partial charge is 0.399 e. The van der Waals surface area contributed by atoms with E-state index in [1.807, 2.05) is 18.2 Å². The third kappa shape index (κ3) is 2.84. The fourth-order valence-corrected chi connectivity index (χ4v) is 3.20. The van der Waals surface area contributed by atoms with Crippen LogP contribution >= 0.6 is 0 Å². The Morgan fingerprint density at radius 2 is 2.20 bits per heavy atom. The molecule has 3 rings (SSSR count). The quantitative estimate of drug-likeness (QED) is 0.838. The zero-order chi connectivity index (χ0) is 13.9. The van der Waals surface area contributed by atoms with Crippen molar-refractivity contribution in [2.24, 2.45) is 11.8 Å². The number of benzene rings is 1. The van der Waals surface area contributed by atoms with Gasteiger partial charge in [-0.3, -0.25) is 0 Å². The van der Waals surface area contributed by atoms with E-state index in [0.717, 1.165) is 40.8 Å². The third-order valence-corrected chi connectivity index (χ3v) is 4.26. The smallest absolute Gasteiger partial charge is 0.137 e. The van der Waals surface area contributed by atoms with Crippen molar-refractivity contribution in [1.82, 2.24) is 9.97 Å². The van der Waals surface area contributed by atoms with Gasteiger partial charge in [-0.25, -0.2) is 9.97 Å². The van der Waals surface area contributed by atoms with E-state index in [4.69, 9.17) is 5.73 Å². The Bertz CT molecular complexity index is 596. The number of nitrogen functional groups attached to an aromatic ring is 1. The second kappa shape index (κ2) is 5.65. The highest BCUT2D eigenvalue weighted by molar-refractivity contribution is 5.90. The third-order valence-electron chi connectivity index (χ3n) is 4.26. The summed E-state index contributed by atoms with van der Waals surface area (Å²) >= 11 is 0. The van der Waals surface area contributed by atoms with Crippen LogP contribution in [0.4, 0.5) is 11.5 Å². The minimum atomic E-state index is 0.739. The van der Waals surface area contributed by atoms with E-state index in [0.29, 0.717) is 0 Å². The second-order valence-corrected chi connectivity index (χ2v) is 6.02. The molecule has 1 aliphatic rings. The Labute approximate surface area is 119 Å². The predicted octanol–water partition coefficient (Wildman–Crippen LogP) is 3.45. The Morgan fingerprint density at radius 1 is 1.30 bits per heavy atom. The summed E-state index contributed by atoms with van der Waals surface area (Å²) in [5, 5.41) is 4.55. The molecule has 0 aliphatic heterocycles. The average Bonchev–Trinajstić information content (AvgIpc) is 2.44. The molecule has 0 amide bonds. The van der Waals surface area contributed by atoms with Crippen LogP contribution in [0.1, 0.15) is 32.6 Å². The van der Waals surface area contributed by atoms with Gasteiger partial charge < -0.3 is 11.1 Å². The maximum absolute atomic E-state index is 5.80. The Balaban J connectivity index is 1.74. The van der Waals surface area contributed by atoms with E-state index in [1.54, 1.807) is 6.33 Å². The number of nitrogens with two attached hydrogens (primary N) is 1. The van der Waals surface area contributed by atoms with Gasteiger partial charge in [-0.2, -0.15) is 0 Å². The molecule has 1 aromatic heterocycles.